The summed E-state index contributed by atoms with van der Waals surface area (Å²) in [6.45, 7) is 12.0. The maximum absolute atomic E-state index is 14.0. The van der Waals surface area contributed by atoms with Crippen molar-refractivity contribution in [1.82, 2.24) is 15.5 Å². The minimum absolute atomic E-state index is 0.283. The smallest absolute Gasteiger partial charge is 0.408 e. The van der Waals surface area contributed by atoms with Gasteiger partial charge in [0.15, 0.2) is 0 Å². The van der Waals surface area contributed by atoms with E-state index >= 15 is 0 Å². The van der Waals surface area contributed by atoms with Crippen molar-refractivity contribution in [3.63, 3.8) is 0 Å². The van der Waals surface area contributed by atoms with Gasteiger partial charge in [0.2, 0.25) is 17.7 Å². The molecular weight excluding hydrogens is 484 g/mol. The van der Waals surface area contributed by atoms with Crippen molar-refractivity contribution < 1.29 is 23.9 Å². The van der Waals surface area contributed by atoms with E-state index in [9.17, 15) is 19.2 Å². The number of unbranched alkanes of at least 4 members (excludes halogenated alkanes) is 5. The third-order valence-electron chi connectivity index (χ3n) is 5.93. The number of ether oxygens (including phenoxy) is 1. The molecule has 1 aromatic rings. The second-order valence-corrected chi connectivity index (χ2v) is 10.8. The average molecular weight is 533 g/mol. The Morgan fingerprint density at radius 1 is 1.00 bits per heavy atom. The van der Waals surface area contributed by atoms with Crippen LogP contribution in [-0.2, 0) is 19.1 Å². The number of carbonyl (C=O) groups excluding carboxylic acids is 4. The van der Waals surface area contributed by atoms with Crippen molar-refractivity contribution in [3.8, 4) is 0 Å². The lowest BCUT2D eigenvalue weighted by Crippen LogP contribution is -2.54. The molecule has 0 aliphatic heterocycles. The molecule has 9 heteroatoms. The quantitative estimate of drug-likeness (QED) is 0.269. The van der Waals surface area contributed by atoms with Gasteiger partial charge in [-0.2, -0.15) is 0 Å². The second kappa shape index (κ2) is 16.7. The Kier molecular flexibility index (Phi) is 14.5. The SMILES string of the molecule is CCCCCCN(C(=O)C(CC(N)=O)NC(=O)OC(C)(C)C)C(C(=O)NCCCCC)c1cccc(C)c1. The summed E-state index contributed by atoms with van der Waals surface area (Å²) in [4.78, 5) is 53.5. The lowest BCUT2D eigenvalue weighted by molar-refractivity contribution is -0.143. The largest absolute Gasteiger partial charge is 0.444 e. The fourth-order valence-electron chi connectivity index (χ4n) is 4.12. The van der Waals surface area contributed by atoms with Crippen LogP contribution in [0.2, 0.25) is 0 Å². The summed E-state index contributed by atoms with van der Waals surface area (Å²) in [5, 5.41) is 5.51. The van der Waals surface area contributed by atoms with Crippen LogP contribution in [0.1, 0.15) is 103 Å². The van der Waals surface area contributed by atoms with Gasteiger partial charge in [-0.1, -0.05) is 75.8 Å². The van der Waals surface area contributed by atoms with Gasteiger partial charge in [-0.15, -0.1) is 0 Å². The molecule has 0 saturated heterocycles. The van der Waals surface area contributed by atoms with E-state index in [1.165, 1.54) is 4.90 Å². The number of nitrogens with zero attached hydrogens (tertiary/aromatic N) is 1. The monoisotopic (exact) mass is 532 g/mol. The Labute approximate surface area is 228 Å². The molecule has 0 radical (unpaired) electrons. The molecule has 2 atom stereocenters. The molecule has 4 N–H and O–H groups in total. The van der Waals surface area contributed by atoms with Crippen molar-refractivity contribution in [3.05, 3.63) is 35.4 Å². The van der Waals surface area contributed by atoms with Crippen LogP contribution in [0.15, 0.2) is 24.3 Å². The third-order valence-corrected chi connectivity index (χ3v) is 5.93. The topological polar surface area (TPSA) is 131 Å². The standard InChI is InChI=1S/C29H48N4O5/c1-7-9-11-13-18-33(27(36)23(20-24(30)34)32-28(37)38-29(4,5)6)25(22-16-14-15-21(3)19-22)26(35)31-17-12-10-8-2/h14-16,19,23,25H,7-13,17-18,20H2,1-6H3,(H2,30,34)(H,31,35)(H,32,37). The van der Waals surface area contributed by atoms with Crippen LogP contribution in [0.4, 0.5) is 4.79 Å². The predicted octanol–water partition coefficient (Wildman–Crippen LogP) is 4.52. The van der Waals surface area contributed by atoms with Crippen LogP contribution < -0.4 is 16.4 Å². The van der Waals surface area contributed by atoms with Crippen molar-refractivity contribution in [2.24, 2.45) is 5.73 Å². The van der Waals surface area contributed by atoms with E-state index in [0.717, 1.165) is 44.1 Å². The van der Waals surface area contributed by atoms with Crippen molar-refractivity contribution in [2.75, 3.05) is 13.1 Å². The third kappa shape index (κ3) is 12.4. The Morgan fingerprint density at radius 2 is 1.66 bits per heavy atom. The number of rotatable bonds is 16. The minimum Gasteiger partial charge on any atom is -0.444 e. The van der Waals surface area contributed by atoms with Gasteiger partial charge in [0, 0.05) is 13.1 Å². The van der Waals surface area contributed by atoms with Crippen LogP contribution in [0, 0.1) is 6.92 Å². The molecule has 0 spiro atoms. The Hall–Kier alpha value is -3.10. The highest BCUT2D eigenvalue weighted by atomic mass is 16.6. The van der Waals surface area contributed by atoms with Gasteiger partial charge in [-0.3, -0.25) is 14.4 Å². The summed E-state index contributed by atoms with van der Waals surface area (Å²) in [5.41, 5.74) is 6.27. The lowest BCUT2D eigenvalue weighted by atomic mass is 9.99. The Balaban J connectivity index is 3.43. The number of amides is 4. The molecule has 0 aromatic heterocycles. The normalized spacial score (nSPS) is 12.8. The summed E-state index contributed by atoms with van der Waals surface area (Å²) in [6.07, 6.45) is 5.12. The fraction of sp³-hybridized carbons (Fsp3) is 0.655. The highest BCUT2D eigenvalue weighted by Gasteiger charge is 2.36. The number of carbonyl (C=O) groups is 4. The molecule has 0 bridgehead atoms. The van der Waals surface area contributed by atoms with E-state index in [1.807, 2.05) is 31.2 Å². The molecule has 4 amide bonds. The number of nitrogens with one attached hydrogen (secondary N) is 2. The van der Waals surface area contributed by atoms with E-state index in [2.05, 4.69) is 24.5 Å². The van der Waals surface area contributed by atoms with Gasteiger partial charge >= 0.3 is 6.09 Å². The van der Waals surface area contributed by atoms with Crippen LogP contribution in [0.25, 0.3) is 0 Å². The van der Waals surface area contributed by atoms with Crippen molar-refractivity contribution >= 4 is 23.8 Å². The number of hydrogen-bond acceptors (Lipinski definition) is 5. The second-order valence-electron chi connectivity index (χ2n) is 10.8. The van der Waals surface area contributed by atoms with Gasteiger partial charge < -0.3 is 26.0 Å². The molecule has 0 saturated carbocycles. The van der Waals surface area contributed by atoms with Gasteiger partial charge in [-0.25, -0.2) is 4.79 Å². The molecule has 0 fully saturated rings. The number of benzene rings is 1. The average Bonchev–Trinajstić information content (AvgIpc) is 2.81. The van der Waals surface area contributed by atoms with Gasteiger partial charge in [-0.05, 0) is 46.1 Å². The van der Waals surface area contributed by atoms with Crippen LogP contribution in [0.3, 0.4) is 0 Å². The maximum atomic E-state index is 14.0. The van der Waals surface area contributed by atoms with E-state index < -0.39 is 42.0 Å². The molecule has 38 heavy (non-hydrogen) atoms. The van der Waals surface area contributed by atoms with Crippen LogP contribution in [-0.4, -0.2) is 53.4 Å². The molecule has 0 aliphatic rings. The first kappa shape index (κ1) is 32.9. The summed E-state index contributed by atoms with van der Waals surface area (Å²) in [7, 11) is 0. The molecule has 2 unspecified atom stereocenters. The first-order chi connectivity index (χ1) is 17.9. The van der Waals surface area contributed by atoms with Gasteiger partial charge in [0.05, 0.1) is 6.42 Å². The number of primary amides is 1. The Morgan fingerprint density at radius 3 is 2.24 bits per heavy atom. The van der Waals surface area contributed by atoms with E-state index in [-0.39, 0.29) is 12.5 Å². The van der Waals surface area contributed by atoms with E-state index in [0.29, 0.717) is 18.5 Å². The number of alkyl carbamates (subject to hydrolysis) is 1. The molecule has 214 valence electrons. The van der Waals surface area contributed by atoms with Gasteiger partial charge in [0.25, 0.3) is 0 Å². The maximum Gasteiger partial charge on any atom is 0.408 e. The van der Waals surface area contributed by atoms with Crippen molar-refractivity contribution in [2.45, 2.75) is 111 Å². The molecular formula is C29H48N4O5. The van der Waals surface area contributed by atoms with Crippen LogP contribution in [0.5, 0.6) is 0 Å². The fourth-order valence-corrected chi connectivity index (χ4v) is 4.12. The van der Waals surface area contributed by atoms with Crippen LogP contribution >= 0.6 is 0 Å². The molecule has 1 aromatic carbocycles. The Bertz CT molecular complexity index is 912. The summed E-state index contributed by atoms with van der Waals surface area (Å²) < 4.78 is 5.32. The number of aryl methyl sites for hydroxylation is 1. The first-order valence-electron chi connectivity index (χ1n) is 13.8. The van der Waals surface area contributed by atoms with Crippen molar-refractivity contribution in [1.29, 1.82) is 0 Å². The molecule has 1 rings (SSSR count). The highest BCUT2D eigenvalue weighted by molar-refractivity contribution is 5.94. The predicted molar refractivity (Wildman–Crippen MR) is 149 cm³/mol. The molecule has 9 nitrogen and oxygen atoms in total. The number of hydrogen-bond donors (Lipinski definition) is 3. The molecule has 0 aliphatic carbocycles. The number of nitrogens with two attached hydrogens (primary N) is 1. The summed E-state index contributed by atoms with van der Waals surface area (Å²) in [6, 6.07) is 5.27. The minimum atomic E-state index is -1.27. The molecule has 0 heterocycles. The first-order valence-corrected chi connectivity index (χ1v) is 13.8. The van der Waals surface area contributed by atoms with Gasteiger partial charge in [0.1, 0.15) is 17.7 Å². The lowest BCUT2D eigenvalue weighted by Gasteiger charge is -2.34. The van der Waals surface area contributed by atoms with E-state index in [1.54, 1.807) is 20.8 Å². The summed E-state index contributed by atoms with van der Waals surface area (Å²) in [5.74, 6) is -1.60. The van der Waals surface area contributed by atoms with E-state index in [4.69, 9.17) is 10.5 Å². The zero-order valence-electron chi connectivity index (χ0n) is 24.1. The summed E-state index contributed by atoms with van der Waals surface area (Å²) >= 11 is 0. The zero-order valence-corrected chi connectivity index (χ0v) is 24.1. The highest BCUT2D eigenvalue weighted by Crippen LogP contribution is 2.25. The zero-order chi connectivity index (χ0) is 28.7.